The van der Waals surface area contributed by atoms with Gasteiger partial charge in [0.05, 0.1) is 5.69 Å². The standard InChI is InChI=1S/C12H13NO2/c1-2-8-13-10-4-3-5-11(14)9(10)6-7-12(13)15/h2-5,14H,1,6-8H2. The molecule has 0 aromatic heterocycles. The summed E-state index contributed by atoms with van der Waals surface area (Å²) < 4.78 is 0. The molecule has 78 valence electrons. The fourth-order valence-corrected chi connectivity index (χ4v) is 1.90. The van der Waals surface area contributed by atoms with Crippen molar-refractivity contribution in [2.75, 3.05) is 11.4 Å². The first-order valence-corrected chi connectivity index (χ1v) is 4.96. The number of benzene rings is 1. The van der Waals surface area contributed by atoms with E-state index in [0.717, 1.165) is 11.3 Å². The van der Waals surface area contributed by atoms with E-state index in [4.69, 9.17) is 0 Å². The molecule has 1 aliphatic heterocycles. The average molecular weight is 203 g/mol. The Hall–Kier alpha value is -1.77. The van der Waals surface area contributed by atoms with Crippen molar-refractivity contribution in [3.63, 3.8) is 0 Å². The fourth-order valence-electron chi connectivity index (χ4n) is 1.90. The Kier molecular flexibility index (Phi) is 2.46. The van der Waals surface area contributed by atoms with Crippen LogP contribution in [0.15, 0.2) is 30.9 Å². The molecule has 1 N–H and O–H groups in total. The number of amides is 1. The lowest BCUT2D eigenvalue weighted by Gasteiger charge is -2.28. The van der Waals surface area contributed by atoms with Gasteiger partial charge < -0.3 is 10.0 Å². The van der Waals surface area contributed by atoms with E-state index in [9.17, 15) is 9.90 Å². The molecule has 0 bridgehead atoms. The number of hydrogen-bond donors (Lipinski definition) is 1. The van der Waals surface area contributed by atoms with Gasteiger partial charge >= 0.3 is 0 Å². The molecule has 1 amide bonds. The van der Waals surface area contributed by atoms with Crippen LogP contribution in [-0.2, 0) is 11.2 Å². The van der Waals surface area contributed by atoms with Gasteiger partial charge in [0.2, 0.25) is 5.91 Å². The molecule has 0 spiro atoms. The van der Waals surface area contributed by atoms with Gasteiger partial charge in [-0.15, -0.1) is 6.58 Å². The number of nitrogens with zero attached hydrogens (tertiary/aromatic N) is 1. The zero-order chi connectivity index (χ0) is 10.8. The SMILES string of the molecule is C=CCN1C(=O)CCc2c(O)cccc21. The van der Waals surface area contributed by atoms with Crippen molar-refractivity contribution in [3.8, 4) is 5.75 Å². The lowest BCUT2D eigenvalue weighted by Crippen LogP contribution is -2.35. The van der Waals surface area contributed by atoms with E-state index < -0.39 is 0 Å². The molecule has 0 aliphatic carbocycles. The van der Waals surface area contributed by atoms with Gasteiger partial charge in [0.1, 0.15) is 5.75 Å². The van der Waals surface area contributed by atoms with E-state index in [-0.39, 0.29) is 11.7 Å². The molecule has 3 heteroatoms. The van der Waals surface area contributed by atoms with Gasteiger partial charge in [0.25, 0.3) is 0 Å². The molecule has 0 saturated carbocycles. The van der Waals surface area contributed by atoms with Crippen LogP contribution in [0.2, 0.25) is 0 Å². The predicted molar refractivity (Wildman–Crippen MR) is 59.0 cm³/mol. The monoisotopic (exact) mass is 203 g/mol. The molecule has 1 heterocycles. The Labute approximate surface area is 88.6 Å². The summed E-state index contributed by atoms with van der Waals surface area (Å²) in [5.74, 6) is 0.363. The van der Waals surface area contributed by atoms with E-state index in [2.05, 4.69) is 6.58 Å². The van der Waals surface area contributed by atoms with Crippen molar-refractivity contribution in [1.82, 2.24) is 0 Å². The summed E-state index contributed by atoms with van der Waals surface area (Å²) in [6, 6.07) is 5.26. The molecule has 3 nitrogen and oxygen atoms in total. The maximum absolute atomic E-state index is 11.7. The summed E-state index contributed by atoms with van der Waals surface area (Å²) in [6.45, 7) is 4.12. The van der Waals surface area contributed by atoms with Crippen LogP contribution in [0.25, 0.3) is 0 Å². The van der Waals surface area contributed by atoms with Gasteiger partial charge in [0.15, 0.2) is 0 Å². The highest BCUT2D eigenvalue weighted by molar-refractivity contribution is 5.97. The number of carbonyl (C=O) groups excluding carboxylic acids is 1. The number of anilines is 1. The minimum Gasteiger partial charge on any atom is -0.508 e. The summed E-state index contributed by atoms with van der Waals surface area (Å²) in [7, 11) is 0. The van der Waals surface area contributed by atoms with Crippen molar-refractivity contribution in [1.29, 1.82) is 0 Å². The number of carbonyl (C=O) groups is 1. The Bertz CT molecular complexity index is 412. The zero-order valence-corrected chi connectivity index (χ0v) is 8.44. The van der Waals surface area contributed by atoms with Crippen LogP contribution < -0.4 is 4.90 Å². The molecular formula is C12H13NO2. The Morgan fingerprint density at radius 3 is 3.00 bits per heavy atom. The van der Waals surface area contributed by atoms with Crippen molar-refractivity contribution in [2.24, 2.45) is 0 Å². The van der Waals surface area contributed by atoms with Crippen LogP contribution in [0.4, 0.5) is 5.69 Å². The highest BCUT2D eigenvalue weighted by atomic mass is 16.3. The number of fused-ring (bicyclic) bond motifs is 1. The van der Waals surface area contributed by atoms with Crippen molar-refractivity contribution < 1.29 is 9.90 Å². The lowest BCUT2D eigenvalue weighted by molar-refractivity contribution is -0.118. The molecular weight excluding hydrogens is 190 g/mol. The first kappa shape index (κ1) is 9.77. The summed E-state index contributed by atoms with van der Waals surface area (Å²) in [4.78, 5) is 13.3. The van der Waals surface area contributed by atoms with Crippen LogP contribution >= 0.6 is 0 Å². The van der Waals surface area contributed by atoms with E-state index in [0.29, 0.717) is 19.4 Å². The van der Waals surface area contributed by atoms with Gasteiger partial charge in [-0.2, -0.15) is 0 Å². The molecule has 1 aliphatic rings. The molecule has 0 radical (unpaired) electrons. The molecule has 1 aromatic carbocycles. The summed E-state index contributed by atoms with van der Waals surface area (Å²) in [5, 5.41) is 9.66. The maximum Gasteiger partial charge on any atom is 0.227 e. The number of phenols is 1. The summed E-state index contributed by atoms with van der Waals surface area (Å²) in [5.41, 5.74) is 1.67. The minimum absolute atomic E-state index is 0.0907. The lowest BCUT2D eigenvalue weighted by atomic mass is 10.00. The second-order valence-corrected chi connectivity index (χ2v) is 3.57. The first-order chi connectivity index (χ1) is 7.24. The predicted octanol–water partition coefficient (Wildman–Crippen LogP) is 1.86. The Morgan fingerprint density at radius 2 is 2.27 bits per heavy atom. The molecule has 0 atom stereocenters. The fraction of sp³-hybridized carbons (Fsp3) is 0.250. The van der Waals surface area contributed by atoms with Crippen LogP contribution in [0, 0.1) is 0 Å². The van der Waals surface area contributed by atoms with Crippen molar-refractivity contribution >= 4 is 11.6 Å². The highest BCUT2D eigenvalue weighted by Crippen LogP contribution is 2.33. The number of phenolic OH excluding ortho intramolecular Hbond substituents is 1. The topological polar surface area (TPSA) is 40.5 Å². The molecule has 15 heavy (non-hydrogen) atoms. The third kappa shape index (κ3) is 1.61. The van der Waals surface area contributed by atoms with Gasteiger partial charge in [-0.3, -0.25) is 4.79 Å². The molecule has 0 saturated heterocycles. The molecule has 0 fully saturated rings. The van der Waals surface area contributed by atoms with E-state index in [1.807, 2.05) is 6.07 Å². The minimum atomic E-state index is 0.0907. The van der Waals surface area contributed by atoms with Crippen LogP contribution in [0.1, 0.15) is 12.0 Å². The summed E-state index contributed by atoms with van der Waals surface area (Å²) in [6.07, 6.45) is 2.77. The third-order valence-corrected chi connectivity index (χ3v) is 2.62. The van der Waals surface area contributed by atoms with E-state index >= 15 is 0 Å². The Morgan fingerprint density at radius 1 is 1.47 bits per heavy atom. The van der Waals surface area contributed by atoms with Crippen LogP contribution in [0.3, 0.4) is 0 Å². The largest absolute Gasteiger partial charge is 0.508 e. The van der Waals surface area contributed by atoms with Crippen molar-refractivity contribution in [2.45, 2.75) is 12.8 Å². The quantitative estimate of drug-likeness (QED) is 0.745. The zero-order valence-electron chi connectivity index (χ0n) is 8.44. The first-order valence-electron chi connectivity index (χ1n) is 4.96. The van der Waals surface area contributed by atoms with Crippen LogP contribution in [0.5, 0.6) is 5.75 Å². The van der Waals surface area contributed by atoms with Gasteiger partial charge in [-0.05, 0) is 18.6 Å². The summed E-state index contributed by atoms with van der Waals surface area (Å²) >= 11 is 0. The van der Waals surface area contributed by atoms with Gasteiger partial charge in [0, 0.05) is 18.5 Å². The molecule has 2 rings (SSSR count). The number of aromatic hydroxyl groups is 1. The second kappa shape index (κ2) is 3.77. The second-order valence-electron chi connectivity index (χ2n) is 3.57. The van der Waals surface area contributed by atoms with E-state index in [1.165, 1.54) is 0 Å². The number of rotatable bonds is 2. The van der Waals surface area contributed by atoms with E-state index in [1.54, 1.807) is 23.1 Å². The van der Waals surface area contributed by atoms with Gasteiger partial charge in [-0.1, -0.05) is 12.1 Å². The van der Waals surface area contributed by atoms with Crippen molar-refractivity contribution in [3.05, 3.63) is 36.4 Å². The smallest absolute Gasteiger partial charge is 0.227 e. The van der Waals surface area contributed by atoms with Gasteiger partial charge in [-0.25, -0.2) is 0 Å². The third-order valence-electron chi connectivity index (χ3n) is 2.62. The molecule has 0 unspecified atom stereocenters. The normalized spacial score (nSPS) is 14.9. The average Bonchev–Trinajstić information content (AvgIpc) is 2.23. The number of hydrogen-bond acceptors (Lipinski definition) is 2. The Balaban J connectivity index is 2.47. The maximum atomic E-state index is 11.7. The highest BCUT2D eigenvalue weighted by Gasteiger charge is 2.24. The van der Waals surface area contributed by atoms with Crippen LogP contribution in [-0.4, -0.2) is 17.6 Å². The molecule has 1 aromatic rings.